The Labute approximate surface area is 72.8 Å². The Kier molecular flexibility index (Phi) is 5.79. The summed E-state index contributed by atoms with van der Waals surface area (Å²) in [6.07, 6.45) is 6.39. The fourth-order valence-electron chi connectivity index (χ4n) is 0.599. The molecule has 0 aromatic heterocycles. The molecule has 3 heteroatoms. The summed E-state index contributed by atoms with van der Waals surface area (Å²) in [5, 5.41) is 11.3. The van der Waals surface area contributed by atoms with Gasteiger partial charge in [0, 0.05) is 19.2 Å². The van der Waals surface area contributed by atoms with Crippen molar-refractivity contribution in [2.45, 2.75) is 19.8 Å². The average Bonchev–Trinajstić information content (AvgIpc) is 2.03. The normalized spacial score (nSPS) is 12.0. The van der Waals surface area contributed by atoms with Crippen molar-refractivity contribution < 1.29 is 9.90 Å². The molecule has 68 valence electrons. The smallest absolute Gasteiger partial charge is 0.303 e. The van der Waals surface area contributed by atoms with Crippen LogP contribution in [0.3, 0.4) is 0 Å². The molecule has 0 spiro atoms. The SMILES string of the molecule is CN/C(C)=C\C=C\CCC(=O)O. The van der Waals surface area contributed by atoms with E-state index in [-0.39, 0.29) is 6.42 Å². The highest BCUT2D eigenvalue weighted by atomic mass is 16.4. The Morgan fingerprint density at radius 1 is 1.58 bits per heavy atom. The maximum absolute atomic E-state index is 10.1. The molecule has 0 unspecified atom stereocenters. The van der Waals surface area contributed by atoms with Crippen molar-refractivity contribution in [2.24, 2.45) is 0 Å². The minimum Gasteiger partial charge on any atom is -0.481 e. The van der Waals surface area contributed by atoms with Crippen molar-refractivity contribution in [3.8, 4) is 0 Å². The van der Waals surface area contributed by atoms with Gasteiger partial charge in [0.05, 0.1) is 0 Å². The summed E-state index contributed by atoms with van der Waals surface area (Å²) in [5.74, 6) is -0.756. The summed E-state index contributed by atoms with van der Waals surface area (Å²) < 4.78 is 0. The van der Waals surface area contributed by atoms with E-state index in [1.807, 2.05) is 32.2 Å². The first-order chi connectivity index (χ1) is 5.66. The number of allylic oxidation sites excluding steroid dienone is 4. The molecule has 12 heavy (non-hydrogen) atoms. The lowest BCUT2D eigenvalue weighted by atomic mass is 10.3. The number of carboxylic acid groups (broad SMARTS) is 1. The number of carbonyl (C=O) groups is 1. The second-order valence-electron chi connectivity index (χ2n) is 2.46. The largest absolute Gasteiger partial charge is 0.481 e. The number of carboxylic acids is 1. The van der Waals surface area contributed by atoms with Crippen LogP contribution in [0.5, 0.6) is 0 Å². The van der Waals surface area contributed by atoms with E-state index in [0.717, 1.165) is 5.70 Å². The van der Waals surface area contributed by atoms with Gasteiger partial charge in [-0.25, -0.2) is 0 Å². The van der Waals surface area contributed by atoms with Crippen molar-refractivity contribution in [1.82, 2.24) is 5.32 Å². The van der Waals surface area contributed by atoms with E-state index in [2.05, 4.69) is 5.32 Å². The van der Waals surface area contributed by atoms with Gasteiger partial charge >= 0.3 is 5.97 Å². The third-order valence-corrected chi connectivity index (χ3v) is 1.40. The first kappa shape index (κ1) is 10.8. The van der Waals surface area contributed by atoms with E-state index in [9.17, 15) is 4.79 Å². The van der Waals surface area contributed by atoms with Crippen LogP contribution < -0.4 is 5.32 Å². The lowest BCUT2D eigenvalue weighted by molar-refractivity contribution is -0.136. The topological polar surface area (TPSA) is 49.3 Å². The van der Waals surface area contributed by atoms with Gasteiger partial charge in [-0.05, 0) is 19.4 Å². The minimum absolute atomic E-state index is 0.197. The number of nitrogens with one attached hydrogen (secondary N) is 1. The molecule has 2 N–H and O–H groups in total. The molecule has 0 atom stereocenters. The summed E-state index contributed by atoms with van der Waals surface area (Å²) in [4.78, 5) is 10.1. The van der Waals surface area contributed by atoms with Gasteiger partial charge in [0.2, 0.25) is 0 Å². The second kappa shape index (κ2) is 6.46. The summed E-state index contributed by atoms with van der Waals surface area (Å²) in [7, 11) is 1.84. The van der Waals surface area contributed by atoms with Gasteiger partial charge in [-0.15, -0.1) is 0 Å². The van der Waals surface area contributed by atoms with Crippen molar-refractivity contribution >= 4 is 5.97 Å². The lowest BCUT2D eigenvalue weighted by Crippen LogP contribution is -2.00. The Bertz CT molecular complexity index is 195. The van der Waals surface area contributed by atoms with E-state index in [1.54, 1.807) is 0 Å². The van der Waals surface area contributed by atoms with E-state index in [0.29, 0.717) is 6.42 Å². The highest BCUT2D eigenvalue weighted by Crippen LogP contribution is 1.92. The Balaban J connectivity index is 3.56. The monoisotopic (exact) mass is 169 g/mol. The van der Waals surface area contributed by atoms with Crippen LogP contribution in [0.15, 0.2) is 23.9 Å². The van der Waals surface area contributed by atoms with Crippen molar-refractivity contribution in [3.63, 3.8) is 0 Å². The molecule has 0 radical (unpaired) electrons. The van der Waals surface area contributed by atoms with Crippen LogP contribution in [0, 0.1) is 0 Å². The fraction of sp³-hybridized carbons (Fsp3) is 0.444. The van der Waals surface area contributed by atoms with Gasteiger partial charge in [-0.1, -0.05) is 12.2 Å². The predicted octanol–water partition coefficient (Wildman–Crippen LogP) is 1.53. The van der Waals surface area contributed by atoms with E-state index >= 15 is 0 Å². The molecule has 0 fully saturated rings. The highest BCUT2D eigenvalue weighted by Gasteiger charge is 1.90. The zero-order valence-electron chi connectivity index (χ0n) is 7.50. The number of aliphatic carboxylic acids is 1. The summed E-state index contributed by atoms with van der Waals surface area (Å²) in [5.41, 5.74) is 1.06. The molecule has 0 bridgehead atoms. The molecule has 0 aliphatic heterocycles. The quantitative estimate of drug-likeness (QED) is 0.613. The van der Waals surface area contributed by atoms with Crippen molar-refractivity contribution in [1.29, 1.82) is 0 Å². The van der Waals surface area contributed by atoms with Crippen molar-refractivity contribution in [2.75, 3.05) is 7.05 Å². The number of rotatable bonds is 5. The van der Waals surface area contributed by atoms with Crippen LogP contribution in [0.1, 0.15) is 19.8 Å². The molecule has 0 aromatic carbocycles. The van der Waals surface area contributed by atoms with Crippen LogP contribution in [-0.2, 0) is 4.79 Å². The molecule has 0 saturated heterocycles. The number of hydrogen-bond donors (Lipinski definition) is 2. The molecular formula is C9H15NO2. The molecular weight excluding hydrogens is 154 g/mol. The van der Waals surface area contributed by atoms with Gasteiger partial charge in [0.15, 0.2) is 0 Å². The molecule has 0 aliphatic carbocycles. The molecule has 0 aromatic rings. The molecule has 0 heterocycles. The fourth-order valence-corrected chi connectivity index (χ4v) is 0.599. The molecule has 3 nitrogen and oxygen atoms in total. The molecule has 0 saturated carbocycles. The molecule has 0 amide bonds. The van der Waals surface area contributed by atoms with Crippen LogP contribution in [0.25, 0.3) is 0 Å². The summed E-state index contributed by atoms with van der Waals surface area (Å²) >= 11 is 0. The first-order valence-corrected chi connectivity index (χ1v) is 3.89. The molecule has 0 rings (SSSR count). The predicted molar refractivity (Wildman–Crippen MR) is 48.8 cm³/mol. The van der Waals surface area contributed by atoms with Gasteiger partial charge in [-0.3, -0.25) is 4.79 Å². The lowest BCUT2D eigenvalue weighted by Gasteiger charge is -1.93. The van der Waals surface area contributed by atoms with Gasteiger partial charge in [-0.2, -0.15) is 0 Å². The first-order valence-electron chi connectivity index (χ1n) is 3.89. The van der Waals surface area contributed by atoms with E-state index in [4.69, 9.17) is 5.11 Å². The zero-order chi connectivity index (χ0) is 9.40. The van der Waals surface area contributed by atoms with Crippen LogP contribution in [0.4, 0.5) is 0 Å². The maximum atomic E-state index is 10.1. The number of hydrogen-bond acceptors (Lipinski definition) is 2. The third-order valence-electron chi connectivity index (χ3n) is 1.40. The van der Waals surface area contributed by atoms with Crippen molar-refractivity contribution in [3.05, 3.63) is 23.9 Å². The standard InChI is InChI=1S/C9H15NO2/c1-8(10-2)6-4-3-5-7-9(11)12/h3-4,6,10H,5,7H2,1-2H3,(H,11,12)/b4-3+,8-6-. The highest BCUT2D eigenvalue weighted by molar-refractivity contribution is 5.66. The van der Waals surface area contributed by atoms with Gasteiger partial charge in [0.1, 0.15) is 0 Å². The Morgan fingerprint density at radius 3 is 2.75 bits per heavy atom. The van der Waals surface area contributed by atoms with E-state index in [1.165, 1.54) is 0 Å². The van der Waals surface area contributed by atoms with Crippen LogP contribution in [0.2, 0.25) is 0 Å². The Morgan fingerprint density at radius 2 is 2.25 bits per heavy atom. The zero-order valence-corrected chi connectivity index (χ0v) is 7.50. The third kappa shape index (κ3) is 6.86. The van der Waals surface area contributed by atoms with Gasteiger partial charge < -0.3 is 10.4 Å². The maximum Gasteiger partial charge on any atom is 0.303 e. The van der Waals surface area contributed by atoms with E-state index < -0.39 is 5.97 Å². The van der Waals surface area contributed by atoms with Gasteiger partial charge in [0.25, 0.3) is 0 Å². The van der Waals surface area contributed by atoms with Crippen LogP contribution >= 0.6 is 0 Å². The Hall–Kier alpha value is -1.25. The molecule has 0 aliphatic rings. The minimum atomic E-state index is -0.756. The second-order valence-corrected chi connectivity index (χ2v) is 2.46. The van der Waals surface area contributed by atoms with Crippen LogP contribution in [-0.4, -0.2) is 18.1 Å². The summed E-state index contributed by atoms with van der Waals surface area (Å²) in [6.45, 7) is 1.95. The summed E-state index contributed by atoms with van der Waals surface area (Å²) in [6, 6.07) is 0. The average molecular weight is 169 g/mol.